The molecule has 1 aliphatic heterocycles. The zero-order valence-electron chi connectivity index (χ0n) is 13.6. The van der Waals surface area contributed by atoms with E-state index in [-0.39, 0.29) is 0 Å². The molecule has 1 N–H and O–H groups in total. The summed E-state index contributed by atoms with van der Waals surface area (Å²) in [6, 6.07) is 4.75. The monoisotopic (exact) mass is 291 g/mol. The van der Waals surface area contributed by atoms with Crippen LogP contribution in [0.1, 0.15) is 51.8 Å². The highest BCUT2D eigenvalue weighted by Gasteiger charge is 2.20. The summed E-state index contributed by atoms with van der Waals surface area (Å²) in [6.07, 6.45) is 5.77. The van der Waals surface area contributed by atoms with Crippen LogP contribution < -0.4 is 10.2 Å². The molecule has 1 saturated heterocycles. The van der Waals surface area contributed by atoms with Crippen molar-refractivity contribution in [3.63, 3.8) is 0 Å². The van der Waals surface area contributed by atoms with E-state index < -0.39 is 0 Å². The van der Waals surface area contributed by atoms with Gasteiger partial charge < -0.3 is 15.0 Å². The number of piperidine rings is 1. The SMILES string of the molecule is CCNC(CC)c1ccc(N2CCC(OCC)CC2)cn1. The molecule has 118 valence electrons. The number of anilines is 1. The molecule has 2 rings (SSSR count). The lowest BCUT2D eigenvalue weighted by Crippen LogP contribution is -2.37. The van der Waals surface area contributed by atoms with Crippen molar-refractivity contribution in [3.05, 3.63) is 24.0 Å². The molecule has 0 amide bonds. The fourth-order valence-electron chi connectivity index (χ4n) is 3.01. The van der Waals surface area contributed by atoms with Gasteiger partial charge in [-0.3, -0.25) is 4.98 Å². The van der Waals surface area contributed by atoms with Crippen LogP contribution in [-0.2, 0) is 4.74 Å². The Hall–Kier alpha value is -1.13. The van der Waals surface area contributed by atoms with Gasteiger partial charge in [-0.1, -0.05) is 13.8 Å². The summed E-state index contributed by atoms with van der Waals surface area (Å²) in [5.74, 6) is 0. The number of nitrogens with one attached hydrogen (secondary N) is 1. The lowest BCUT2D eigenvalue weighted by Gasteiger charge is -2.33. The molecule has 21 heavy (non-hydrogen) atoms. The molecule has 4 heteroatoms. The summed E-state index contributed by atoms with van der Waals surface area (Å²) in [4.78, 5) is 7.08. The first kappa shape index (κ1) is 16.2. The highest BCUT2D eigenvalue weighted by Crippen LogP contribution is 2.22. The number of hydrogen-bond donors (Lipinski definition) is 1. The standard InChI is InChI=1S/C17H29N3O/c1-4-16(18-5-2)17-8-7-14(13-19-17)20-11-9-15(10-12-20)21-6-3/h7-8,13,15-16,18H,4-6,9-12H2,1-3H3. The Morgan fingerprint density at radius 2 is 2.05 bits per heavy atom. The Morgan fingerprint density at radius 3 is 2.57 bits per heavy atom. The van der Waals surface area contributed by atoms with Crippen LogP contribution in [0.4, 0.5) is 5.69 Å². The number of rotatable bonds is 7. The van der Waals surface area contributed by atoms with Crippen molar-refractivity contribution in [2.45, 2.75) is 52.2 Å². The maximum atomic E-state index is 5.71. The molecular formula is C17H29N3O. The van der Waals surface area contributed by atoms with Crippen molar-refractivity contribution < 1.29 is 4.74 Å². The van der Waals surface area contributed by atoms with Gasteiger partial charge in [0.05, 0.1) is 23.7 Å². The average Bonchev–Trinajstić information content (AvgIpc) is 2.54. The van der Waals surface area contributed by atoms with Crippen LogP contribution in [0, 0.1) is 0 Å². The van der Waals surface area contributed by atoms with Crippen molar-refractivity contribution in [2.24, 2.45) is 0 Å². The molecule has 0 aromatic carbocycles. The number of ether oxygens (including phenoxy) is 1. The second-order valence-electron chi connectivity index (χ2n) is 5.60. The molecule has 0 spiro atoms. The molecule has 1 aromatic rings. The first-order valence-corrected chi connectivity index (χ1v) is 8.34. The van der Waals surface area contributed by atoms with Gasteiger partial charge in [-0.25, -0.2) is 0 Å². The molecule has 0 bridgehead atoms. The van der Waals surface area contributed by atoms with Crippen LogP contribution in [0.25, 0.3) is 0 Å². The Kier molecular flexibility index (Phi) is 6.46. The largest absolute Gasteiger partial charge is 0.378 e. The first-order chi connectivity index (χ1) is 10.3. The smallest absolute Gasteiger partial charge is 0.0608 e. The van der Waals surface area contributed by atoms with E-state index in [1.807, 2.05) is 6.20 Å². The molecular weight excluding hydrogens is 262 g/mol. The van der Waals surface area contributed by atoms with Gasteiger partial charge in [0.15, 0.2) is 0 Å². The van der Waals surface area contributed by atoms with Crippen LogP contribution in [0.3, 0.4) is 0 Å². The van der Waals surface area contributed by atoms with Crippen LogP contribution in [-0.4, -0.2) is 37.3 Å². The van der Waals surface area contributed by atoms with Gasteiger partial charge in [-0.2, -0.15) is 0 Å². The minimum absolute atomic E-state index is 0.368. The average molecular weight is 291 g/mol. The zero-order valence-corrected chi connectivity index (χ0v) is 13.6. The molecule has 1 atom stereocenters. The maximum absolute atomic E-state index is 5.71. The molecule has 0 aliphatic carbocycles. The van der Waals surface area contributed by atoms with E-state index in [0.717, 1.165) is 51.2 Å². The Bertz CT molecular complexity index is 399. The predicted molar refractivity (Wildman–Crippen MR) is 87.8 cm³/mol. The highest BCUT2D eigenvalue weighted by molar-refractivity contribution is 5.45. The summed E-state index contributed by atoms with van der Waals surface area (Å²) >= 11 is 0. The summed E-state index contributed by atoms with van der Waals surface area (Å²) in [5.41, 5.74) is 2.38. The number of aromatic nitrogens is 1. The third kappa shape index (κ3) is 4.42. The molecule has 1 unspecified atom stereocenters. The van der Waals surface area contributed by atoms with E-state index in [0.29, 0.717) is 12.1 Å². The fraction of sp³-hybridized carbons (Fsp3) is 0.706. The minimum Gasteiger partial charge on any atom is -0.378 e. The quantitative estimate of drug-likeness (QED) is 0.837. The van der Waals surface area contributed by atoms with Crippen molar-refractivity contribution in [3.8, 4) is 0 Å². The Balaban J connectivity index is 1.93. The predicted octanol–water partition coefficient (Wildman–Crippen LogP) is 3.15. The van der Waals surface area contributed by atoms with Gasteiger partial charge in [0, 0.05) is 25.7 Å². The van der Waals surface area contributed by atoms with Crippen LogP contribution in [0.5, 0.6) is 0 Å². The maximum Gasteiger partial charge on any atom is 0.0608 e. The second-order valence-corrected chi connectivity index (χ2v) is 5.60. The number of hydrogen-bond acceptors (Lipinski definition) is 4. The van der Waals surface area contributed by atoms with Gasteiger partial charge in [-0.15, -0.1) is 0 Å². The molecule has 2 heterocycles. The lowest BCUT2D eigenvalue weighted by atomic mass is 10.1. The van der Waals surface area contributed by atoms with Crippen LogP contribution >= 0.6 is 0 Å². The molecule has 4 nitrogen and oxygen atoms in total. The number of pyridine rings is 1. The van der Waals surface area contributed by atoms with Crippen molar-refractivity contribution in [1.82, 2.24) is 10.3 Å². The molecule has 1 fully saturated rings. The first-order valence-electron chi connectivity index (χ1n) is 8.34. The van der Waals surface area contributed by atoms with E-state index in [9.17, 15) is 0 Å². The minimum atomic E-state index is 0.368. The highest BCUT2D eigenvalue weighted by atomic mass is 16.5. The Labute approximate surface area is 128 Å². The van der Waals surface area contributed by atoms with E-state index >= 15 is 0 Å². The summed E-state index contributed by atoms with van der Waals surface area (Å²) in [7, 11) is 0. The molecule has 0 radical (unpaired) electrons. The Morgan fingerprint density at radius 1 is 1.29 bits per heavy atom. The molecule has 0 saturated carbocycles. The van der Waals surface area contributed by atoms with Gasteiger partial charge in [0.25, 0.3) is 0 Å². The topological polar surface area (TPSA) is 37.4 Å². The van der Waals surface area contributed by atoms with Gasteiger partial charge in [0.1, 0.15) is 0 Å². The molecule has 1 aliphatic rings. The van der Waals surface area contributed by atoms with Crippen molar-refractivity contribution in [2.75, 3.05) is 31.1 Å². The van der Waals surface area contributed by atoms with Crippen molar-refractivity contribution >= 4 is 5.69 Å². The third-order valence-corrected chi connectivity index (χ3v) is 4.20. The lowest BCUT2D eigenvalue weighted by molar-refractivity contribution is 0.0459. The number of nitrogens with zero attached hydrogens (tertiary/aromatic N) is 2. The second kappa shape index (κ2) is 8.35. The normalized spacial score (nSPS) is 18.0. The summed E-state index contributed by atoms with van der Waals surface area (Å²) in [6.45, 7) is 10.3. The van der Waals surface area contributed by atoms with Gasteiger partial charge in [-0.05, 0) is 44.9 Å². The van der Waals surface area contributed by atoms with Crippen LogP contribution in [0.2, 0.25) is 0 Å². The summed E-state index contributed by atoms with van der Waals surface area (Å²) in [5, 5.41) is 3.47. The van der Waals surface area contributed by atoms with E-state index in [1.54, 1.807) is 0 Å². The third-order valence-electron chi connectivity index (χ3n) is 4.20. The van der Waals surface area contributed by atoms with Gasteiger partial charge >= 0.3 is 0 Å². The van der Waals surface area contributed by atoms with Crippen molar-refractivity contribution in [1.29, 1.82) is 0 Å². The van der Waals surface area contributed by atoms with Crippen LogP contribution in [0.15, 0.2) is 18.3 Å². The fourth-order valence-corrected chi connectivity index (χ4v) is 3.01. The van der Waals surface area contributed by atoms with E-state index in [1.165, 1.54) is 5.69 Å². The van der Waals surface area contributed by atoms with E-state index in [2.05, 4.69) is 48.1 Å². The van der Waals surface area contributed by atoms with E-state index in [4.69, 9.17) is 4.74 Å². The molecule has 1 aromatic heterocycles. The summed E-state index contributed by atoms with van der Waals surface area (Å²) < 4.78 is 5.71. The van der Waals surface area contributed by atoms with Gasteiger partial charge in [0.2, 0.25) is 0 Å². The zero-order chi connectivity index (χ0) is 15.1.